The molecule has 0 unspecified atom stereocenters. The molecule has 0 atom stereocenters. The fourth-order valence-corrected chi connectivity index (χ4v) is 1.18. The third-order valence-electron chi connectivity index (χ3n) is 2.45. The van der Waals surface area contributed by atoms with Crippen molar-refractivity contribution >= 4 is 0 Å². The molecule has 0 rings (SSSR count). The Morgan fingerprint density at radius 1 is 1.14 bits per heavy atom. The molecule has 14 heavy (non-hydrogen) atoms. The molecule has 0 spiro atoms. The van der Waals surface area contributed by atoms with Crippen LogP contribution in [-0.2, 0) is 4.74 Å². The van der Waals surface area contributed by atoms with Gasteiger partial charge in [-0.1, -0.05) is 13.8 Å². The Kier molecular flexibility index (Phi) is 5.44. The van der Waals surface area contributed by atoms with Gasteiger partial charge in [0.05, 0.1) is 18.6 Å². The standard InChI is InChI=1S/C9H18F3NO/c1-3-8(4-2,7-13)14-6-5-9(10,11)12/h3-7,13H2,1-2H3. The molecule has 86 valence electrons. The number of hydrogen-bond donors (Lipinski definition) is 1. The van der Waals surface area contributed by atoms with Gasteiger partial charge in [-0.05, 0) is 12.8 Å². The van der Waals surface area contributed by atoms with Crippen LogP contribution < -0.4 is 5.73 Å². The maximum absolute atomic E-state index is 11.8. The first kappa shape index (κ1) is 13.7. The van der Waals surface area contributed by atoms with Crippen LogP contribution in [0.15, 0.2) is 0 Å². The Balaban J connectivity index is 3.95. The van der Waals surface area contributed by atoms with Crippen molar-refractivity contribution in [3.05, 3.63) is 0 Å². The molecule has 0 aliphatic carbocycles. The Labute approximate surface area is 82.6 Å². The predicted molar refractivity (Wildman–Crippen MR) is 49.0 cm³/mol. The average molecular weight is 213 g/mol. The van der Waals surface area contributed by atoms with Gasteiger partial charge in [0.1, 0.15) is 0 Å². The molecule has 0 aromatic rings. The van der Waals surface area contributed by atoms with Crippen molar-refractivity contribution in [3.8, 4) is 0 Å². The summed E-state index contributed by atoms with van der Waals surface area (Å²) < 4.78 is 40.7. The SMILES string of the molecule is CCC(CC)(CN)OCCC(F)(F)F. The Hall–Kier alpha value is -0.290. The maximum Gasteiger partial charge on any atom is 0.391 e. The van der Waals surface area contributed by atoms with E-state index in [4.69, 9.17) is 10.5 Å². The molecule has 0 fully saturated rings. The van der Waals surface area contributed by atoms with E-state index in [9.17, 15) is 13.2 Å². The largest absolute Gasteiger partial charge is 0.391 e. The van der Waals surface area contributed by atoms with Crippen LogP contribution in [0.5, 0.6) is 0 Å². The van der Waals surface area contributed by atoms with Crippen molar-refractivity contribution in [3.63, 3.8) is 0 Å². The average Bonchev–Trinajstić information content (AvgIpc) is 2.11. The first-order valence-corrected chi connectivity index (χ1v) is 4.80. The number of halogens is 3. The molecule has 0 aliphatic heterocycles. The van der Waals surface area contributed by atoms with Crippen molar-refractivity contribution in [2.75, 3.05) is 13.2 Å². The predicted octanol–water partition coefficient (Wildman–Crippen LogP) is 2.47. The third-order valence-corrected chi connectivity index (χ3v) is 2.45. The van der Waals surface area contributed by atoms with Crippen LogP contribution in [0.1, 0.15) is 33.1 Å². The van der Waals surface area contributed by atoms with Crippen molar-refractivity contribution in [1.29, 1.82) is 0 Å². The van der Waals surface area contributed by atoms with E-state index in [1.165, 1.54) is 0 Å². The lowest BCUT2D eigenvalue weighted by Gasteiger charge is -2.30. The van der Waals surface area contributed by atoms with Crippen LogP contribution in [-0.4, -0.2) is 24.9 Å². The molecule has 0 aromatic heterocycles. The minimum Gasteiger partial charge on any atom is -0.373 e. The zero-order valence-electron chi connectivity index (χ0n) is 8.66. The van der Waals surface area contributed by atoms with Gasteiger partial charge in [0.25, 0.3) is 0 Å². The van der Waals surface area contributed by atoms with E-state index in [0.717, 1.165) is 0 Å². The first-order valence-electron chi connectivity index (χ1n) is 4.80. The second-order valence-corrected chi connectivity index (χ2v) is 3.31. The van der Waals surface area contributed by atoms with Crippen molar-refractivity contribution < 1.29 is 17.9 Å². The van der Waals surface area contributed by atoms with Gasteiger partial charge in [0, 0.05) is 6.54 Å². The molecule has 0 aromatic carbocycles. The van der Waals surface area contributed by atoms with Gasteiger partial charge >= 0.3 is 6.18 Å². The lowest BCUT2D eigenvalue weighted by atomic mass is 9.97. The summed E-state index contributed by atoms with van der Waals surface area (Å²) in [6.07, 6.45) is -3.79. The van der Waals surface area contributed by atoms with Gasteiger partial charge in [-0.15, -0.1) is 0 Å². The van der Waals surface area contributed by atoms with Gasteiger partial charge in [0.2, 0.25) is 0 Å². The molecular weight excluding hydrogens is 195 g/mol. The first-order chi connectivity index (χ1) is 6.39. The Morgan fingerprint density at radius 3 is 1.93 bits per heavy atom. The summed E-state index contributed by atoms with van der Waals surface area (Å²) in [5.74, 6) is 0. The normalized spacial score (nSPS) is 13.3. The van der Waals surface area contributed by atoms with Crippen LogP contribution in [0.2, 0.25) is 0 Å². The summed E-state index contributed by atoms with van der Waals surface area (Å²) in [6.45, 7) is 3.69. The fourth-order valence-electron chi connectivity index (χ4n) is 1.18. The molecule has 0 aliphatic rings. The molecule has 0 radical (unpaired) electrons. The van der Waals surface area contributed by atoms with Gasteiger partial charge in [-0.3, -0.25) is 0 Å². The molecule has 0 heterocycles. The number of ether oxygens (including phenoxy) is 1. The molecule has 0 saturated heterocycles. The third kappa shape index (κ3) is 4.81. The molecule has 0 bridgehead atoms. The van der Waals surface area contributed by atoms with E-state index in [2.05, 4.69) is 0 Å². The zero-order valence-corrected chi connectivity index (χ0v) is 8.66. The topological polar surface area (TPSA) is 35.2 Å². The molecule has 5 heteroatoms. The van der Waals surface area contributed by atoms with Crippen LogP contribution >= 0.6 is 0 Å². The smallest absolute Gasteiger partial charge is 0.373 e. The quantitative estimate of drug-likeness (QED) is 0.735. The van der Waals surface area contributed by atoms with Crippen molar-refractivity contribution in [1.82, 2.24) is 0 Å². The highest BCUT2D eigenvalue weighted by molar-refractivity contribution is 4.78. The van der Waals surface area contributed by atoms with Crippen molar-refractivity contribution in [2.24, 2.45) is 5.73 Å². The highest BCUT2D eigenvalue weighted by atomic mass is 19.4. The minimum atomic E-state index is -4.15. The molecule has 2 nitrogen and oxygen atoms in total. The molecule has 2 N–H and O–H groups in total. The highest BCUT2D eigenvalue weighted by Gasteiger charge is 2.30. The van der Waals surface area contributed by atoms with E-state index in [-0.39, 0.29) is 13.2 Å². The molecule has 0 amide bonds. The lowest BCUT2D eigenvalue weighted by Crippen LogP contribution is -2.40. The zero-order chi connectivity index (χ0) is 11.2. The molecular formula is C9H18F3NO. The maximum atomic E-state index is 11.8. The van der Waals surface area contributed by atoms with Crippen LogP contribution in [0.4, 0.5) is 13.2 Å². The van der Waals surface area contributed by atoms with Gasteiger partial charge in [-0.2, -0.15) is 13.2 Å². The summed E-state index contributed by atoms with van der Waals surface area (Å²) in [4.78, 5) is 0. The Morgan fingerprint density at radius 2 is 1.64 bits per heavy atom. The number of hydrogen-bond acceptors (Lipinski definition) is 2. The number of nitrogens with two attached hydrogens (primary N) is 1. The number of alkyl halides is 3. The van der Waals surface area contributed by atoms with E-state index >= 15 is 0 Å². The summed E-state index contributed by atoms with van der Waals surface area (Å²) >= 11 is 0. The van der Waals surface area contributed by atoms with E-state index in [0.29, 0.717) is 12.8 Å². The van der Waals surface area contributed by atoms with Gasteiger partial charge < -0.3 is 10.5 Å². The highest BCUT2D eigenvalue weighted by Crippen LogP contribution is 2.23. The number of rotatable bonds is 6. The lowest BCUT2D eigenvalue weighted by molar-refractivity contribution is -0.158. The van der Waals surface area contributed by atoms with Crippen LogP contribution in [0, 0.1) is 0 Å². The monoisotopic (exact) mass is 213 g/mol. The van der Waals surface area contributed by atoms with E-state index in [1.807, 2.05) is 13.8 Å². The van der Waals surface area contributed by atoms with E-state index < -0.39 is 18.2 Å². The summed E-state index contributed by atoms with van der Waals surface area (Å²) in [5.41, 5.74) is 4.89. The summed E-state index contributed by atoms with van der Waals surface area (Å²) in [6, 6.07) is 0. The van der Waals surface area contributed by atoms with Crippen molar-refractivity contribution in [2.45, 2.75) is 44.9 Å². The van der Waals surface area contributed by atoms with Gasteiger partial charge in [-0.25, -0.2) is 0 Å². The second-order valence-electron chi connectivity index (χ2n) is 3.31. The summed E-state index contributed by atoms with van der Waals surface area (Å²) in [5, 5.41) is 0. The molecule has 0 saturated carbocycles. The Bertz CT molecular complexity index is 146. The van der Waals surface area contributed by atoms with Gasteiger partial charge in [0.15, 0.2) is 0 Å². The summed E-state index contributed by atoms with van der Waals surface area (Å²) in [7, 11) is 0. The second kappa shape index (κ2) is 5.56. The van der Waals surface area contributed by atoms with E-state index in [1.54, 1.807) is 0 Å². The van der Waals surface area contributed by atoms with Crippen LogP contribution in [0.25, 0.3) is 0 Å². The minimum absolute atomic E-state index is 0.262. The van der Waals surface area contributed by atoms with Crippen LogP contribution in [0.3, 0.4) is 0 Å². The fraction of sp³-hybridized carbons (Fsp3) is 1.00.